The van der Waals surface area contributed by atoms with Crippen LogP contribution >= 0.6 is 0 Å². The van der Waals surface area contributed by atoms with Gasteiger partial charge in [0.05, 0.1) is 0 Å². The minimum Gasteiger partial charge on any atom is -0.429 e. The monoisotopic (exact) mass is 382 g/mol. The van der Waals surface area contributed by atoms with Crippen molar-refractivity contribution in [2.45, 2.75) is 0 Å². The number of hydrogen-bond acceptors (Lipinski definition) is 8. The molecule has 4 rings (SSSR count). The maximum absolute atomic E-state index is 7.00. The molecule has 0 aliphatic rings. The van der Waals surface area contributed by atoms with E-state index in [4.69, 9.17) is 40.2 Å². The fourth-order valence-corrected chi connectivity index (χ4v) is 2.67. The van der Waals surface area contributed by atoms with Gasteiger partial charge in [-0.2, -0.15) is 0 Å². The zero-order valence-electron chi connectivity index (χ0n) is 14.7. The van der Waals surface area contributed by atoms with Crippen LogP contribution in [0.2, 0.25) is 0 Å². The van der Waals surface area contributed by atoms with Crippen molar-refractivity contribution in [2.75, 3.05) is 0 Å². The summed E-state index contributed by atoms with van der Waals surface area (Å²) >= 11 is 0. The molecule has 0 amide bonds. The van der Waals surface area contributed by atoms with Gasteiger partial charge in [0.25, 0.3) is 0 Å². The van der Waals surface area contributed by atoms with Crippen LogP contribution in [0.4, 0.5) is 0 Å². The van der Waals surface area contributed by atoms with Crippen molar-refractivity contribution in [2.24, 2.45) is 0 Å². The van der Waals surface area contributed by atoms with Crippen LogP contribution in [0.15, 0.2) is 60.7 Å². The SMILES string of the molecule is O[B]O.O[B]O.O[B]O.O[B]O.c1cc2ccc3cccc4ccc(c1)c2c34. The molecule has 0 unspecified atom stereocenters. The molecule has 0 aliphatic carbocycles. The van der Waals surface area contributed by atoms with E-state index >= 15 is 0 Å². The van der Waals surface area contributed by atoms with Crippen molar-refractivity contribution in [3.8, 4) is 0 Å². The van der Waals surface area contributed by atoms with Gasteiger partial charge in [0.1, 0.15) is 0 Å². The first-order chi connectivity index (χ1) is 13.6. The van der Waals surface area contributed by atoms with Gasteiger partial charge in [0.2, 0.25) is 0 Å². The number of hydrogen-bond donors (Lipinski definition) is 8. The van der Waals surface area contributed by atoms with Crippen LogP contribution in [-0.2, 0) is 0 Å². The molecule has 4 aromatic carbocycles. The molecule has 0 saturated heterocycles. The fourth-order valence-electron chi connectivity index (χ4n) is 2.67. The Balaban J connectivity index is 0.000000514. The summed E-state index contributed by atoms with van der Waals surface area (Å²) in [4.78, 5) is 0. The van der Waals surface area contributed by atoms with Crippen molar-refractivity contribution < 1.29 is 40.2 Å². The van der Waals surface area contributed by atoms with Crippen LogP contribution in [-0.4, -0.2) is 70.9 Å². The predicted octanol–water partition coefficient (Wildman–Crippen LogP) is -1.40. The quantitative estimate of drug-likeness (QED) is 0.136. The largest absolute Gasteiger partial charge is 0.482 e. The third-order valence-corrected chi connectivity index (χ3v) is 3.39. The Bertz CT molecular complexity index is 758. The van der Waals surface area contributed by atoms with Crippen LogP contribution in [0.3, 0.4) is 0 Å². The van der Waals surface area contributed by atoms with Gasteiger partial charge < -0.3 is 40.2 Å². The summed E-state index contributed by atoms with van der Waals surface area (Å²) in [5.74, 6) is 0. The van der Waals surface area contributed by atoms with E-state index in [1.807, 2.05) is 0 Å². The second-order valence-corrected chi connectivity index (χ2v) is 4.75. The molecule has 4 radical (unpaired) electrons. The van der Waals surface area contributed by atoms with Gasteiger partial charge in [-0.1, -0.05) is 60.7 Å². The fraction of sp³-hybridized carbons (Fsp3) is 0. The Hall–Kier alpha value is -2.14. The standard InChI is InChI=1S/C16H10.4BH2O2/c1-3-11-7-9-13-5-2-6-14-10-8-12(4-1)15(11)16(13)14;4*2-1-3/h1-10H;4*2-3H. The summed E-state index contributed by atoms with van der Waals surface area (Å²) in [6.45, 7) is 0. The van der Waals surface area contributed by atoms with Gasteiger partial charge in [-0.05, 0) is 32.3 Å². The molecule has 0 bridgehead atoms. The Kier molecular flexibility index (Phi) is 14.7. The third kappa shape index (κ3) is 7.85. The molecule has 0 fully saturated rings. The van der Waals surface area contributed by atoms with Gasteiger partial charge in [0, 0.05) is 0 Å². The van der Waals surface area contributed by atoms with E-state index in [1.54, 1.807) is 0 Å². The first-order valence-corrected chi connectivity index (χ1v) is 7.62. The molecule has 0 atom stereocenters. The number of rotatable bonds is 0. The van der Waals surface area contributed by atoms with Crippen LogP contribution in [0, 0.1) is 0 Å². The lowest BCUT2D eigenvalue weighted by atomic mass is 9.95. The highest BCUT2D eigenvalue weighted by atomic mass is 16.4. The van der Waals surface area contributed by atoms with E-state index in [9.17, 15) is 0 Å². The van der Waals surface area contributed by atoms with E-state index in [2.05, 4.69) is 60.7 Å². The summed E-state index contributed by atoms with van der Waals surface area (Å²) < 4.78 is 0. The molecule has 0 aliphatic heterocycles. The summed E-state index contributed by atoms with van der Waals surface area (Å²) in [6, 6.07) is 21.9. The van der Waals surface area contributed by atoms with Crippen molar-refractivity contribution in [3.63, 3.8) is 0 Å². The average molecular weight is 382 g/mol. The normalized spacial score (nSPS) is 8.71. The van der Waals surface area contributed by atoms with Crippen LogP contribution in [0.25, 0.3) is 32.3 Å². The summed E-state index contributed by atoms with van der Waals surface area (Å²) in [5.41, 5.74) is 0. The predicted molar refractivity (Wildman–Crippen MR) is 111 cm³/mol. The van der Waals surface area contributed by atoms with Crippen molar-refractivity contribution >= 4 is 63.1 Å². The van der Waals surface area contributed by atoms with E-state index in [0.29, 0.717) is 0 Å². The van der Waals surface area contributed by atoms with Crippen molar-refractivity contribution in [3.05, 3.63) is 60.7 Å². The molecular weight excluding hydrogens is 363 g/mol. The molecule has 0 aromatic heterocycles. The highest BCUT2D eigenvalue weighted by Gasteiger charge is 2.05. The average Bonchev–Trinajstić information content (AvgIpc) is 2.69. The summed E-state index contributed by atoms with van der Waals surface area (Å²) in [7, 11) is 0. The minimum absolute atomic E-state index is 0. The molecule has 0 saturated carbocycles. The Morgan fingerprint density at radius 3 is 0.714 bits per heavy atom. The van der Waals surface area contributed by atoms with Crippen LogP contribution < -0.4 is 0 Å². The Morgan fingerprint density at radius 1 is 0.357 bits per heavy atom. The molecule has 8 nitrogen and oxygen atoms in total. The van der Waals surface area contributed by atoms with Gasteiger partial charge in [-0.25, -0.2) is 0 Å². The molecular formula is C16H18B4O8. The van der Waals surface area contributed by atoms with Gasteiger partial charge in [-0.3, -0.25) is 0 Å². The topological polar surface area (TPSA) is 162 Å². The molecule has 0 heterocycles. The van der Waals surface area contributed by atoms with Crippen molar-refractivity contribution in [1.82, 2.24) is 0 Å². The first kappa shape index (κ1) is 25.9. The van der Waals surface area contributed by atoms with E-state index in [1.165, 1.54) is 32.3 Å². The van der Waals surface area contributed by atoms with Gasteiger partial charge in [0.15, 0.2) is 0 Å². The Morgan fingerprint density at radius 2 is 0.536 bits per heavy atom. The second kappa shape index (κ2) is 15.9. The van der Waals surface area contributed by atoms with Crippen LogP contribution in [0.1, 0.15) is 0 Å². The maximum Gasteiger partial charge on any atom is 0.482 e. The smallest absolute Gasteiger partial charge is 0.429 e. The van der Waals surface area contributed by atoms with E-state index in [0.717, 1.165) is 0 Å². The number of benzene rings is 4. The highest BCUT2D eigenvalue weighted by Crippen LogP contribution is 2.33. The lowest BCUT2D eigenvalue weighted by molar-refractivity contribution is 0.447. The highest BCUT2D eigenvalue weighted by molar-refractivity contribution is 6.22. The molecule has 8 N–H and O–H groups in total. The molecule has 28 heavy (non-hydrogen) atoms. The zero-order chi connectivity index (χ0) is 21.4. The maximum atomic E-state index is 7.00. The van der Waals surface area contributed by atoms with Crippen LogP contribution in [0.5, 0.6) is 0 Å². The lowest BCUT2D eigenvalue weighted by Crippen LogP contribution is -1.82. The zero-order valence-corrected chi connectivity index (χ0v) is 14.7. The third-order valence-electron chi connectivity index (χ3n) is 3.39. The first-order valence-electron chi connectivity index (χ1n) is 7.62. The van der Waals surface area contributed by atoms with E-state index < -0.39 is 0 Å². The van der Waals surface area contributed by atoms with Gasteiger partial charge in [-0.15, -0.1) is 0 Å². The Labute approximate surface area is 164 Å². The molecule has 12 heteroatoms. The molecule has 0 spiro atoms. The molecule has 142 valence electrons. The van der Waals surface area contributed by atoms with Gasteiger partial charge >= 0.3 is 30.7 Å². The summed E-state index contributed by atoms with van der Waals surface area (Å²) in [6.07, 6.45) is 0. The van der Waals surface area contributed by atoms with E-state index in [-0.39, 0.29) is 30.7 Å². The molecule has 4 aromatic rings. The second-order valence-electron chi connectivity index (χ2n) is 4.75. The summed E-state index contributed by atoms with van der Waals surface area (Å²) in [5, 5.41) is 64.1. The lowest BCUT2D eigenvalue weighted by Gasteiger charge is -2.09. The van der Waals surface area contributed by atoms with Crippen molar-refractivity contribution in [1.29, 1.82) is 0 Å². The minimum atomic E-state index is 0.